The summed E-state index contributed by atoms with van der Waals surface area (Å²) < 4.78 is 7.32. The fourth-order valence-electron chi connectivity index (χ4n) is 2.32. The van der Waals surface area contributed by atoms with Gasteiger partial charge in [0, 0.05) is 11.0 Å². The smallest absolute Gasteiger partial charge is 0.262 e. The van der Waals surface area contributed by atoms with Crippen molar-refractivity contribution in [3.05, 3.63) is 56.5 Å². The van der Waals surface area contributed by atoms with Crippen LogP contribution in [0.5, 0.6) is 5.75 Å². The Morgan fingerprint density at radius 3 is 2.58 bits per heavy atom. The van der Waals surface area contributed by atoms with Crippen molar-refractivity contribution in [2.24, 2.45) is 0 Å². The molecule has 0 fully saturated rings. The Morgan fingerprint density at radius 1 is 1.15 bits per heavy atom. The highest BCUT2D eigenvalue weighted by molar-refractivity contribution is 9.11. The van der Waals surface area contributed by atoms with Crippen LogP contribution in [0.1, 0.15) is 29.3 Å². The molecule has 2 amide bonds. The molecule has 0 atom stereocenters. The van der Waals surface area contributed by atoms with E-state index in [2.05, 4.69) is 42.5 Å². The lowest BCUT2D eigenvalue weighted by atomic mass is 10.1. The second-order valence-corrected chi connectivity index (χ2v) is 7.44. The van der Waals surface area contributed by atoms with Gasteiger partial charge in [-0.1, -0.05) is 35.0 Å². The maximum atomic E-state index is 12.3. The fraction of sp³-hybridized carbons (Fsp3) is 0.263. The number of carbonyl (C=O) groups excluding carboxylic acids is 2. The van der Waals surface area contributed by atoms with Crippen LogP contribution in [0.4, 0.5) is 5.69 Å². The summed E-state index contributed by atoms with van der Waals surface area (Å²) in [6.07, 6.45) is 0.843. The van der Waals surface area contributed by atoms with Crippen LogP contribution in [0.15, 0.2) is 45.3 Å². The first-order chi connectivity index (χ1) is 12.4. The number of halogens is 2. The van der Waals surface area contributed by atoms with Crippen molar-refractivity contribution < 1.29 is 14.3 Å². The third-order valence-corrected chi connectivity index (χ3v) is 4.57. The largest absolute Gasteiger partial charge is 0.482 e. The molecule has 26 heavy (non-hydrogen) atoms. The lowest BCUT2D eigenvalue weighted by molar-refractivity contribution is -0.118. The molecule has 0 bridgehead atoms. The molecule has 0 aliphatic carbocycles. The van der Waals surface area contributed by atoms with E-state index in [1.165, 1.54) is 0 Å². The van der Waals surface area contributed by atoms with Gasteiger partial charge in [0.2, 0.25) is 0 Å². The first-order valence-corrected chi connectivity index (χ1v) is 9.76. The first-order valence-electron chi connectivity index (χ1n) is 8.18. The highest BCUT2D eigenvalue weighted by Crippen LogP contribution is 2.32. The van der Waals surface area contributed by atoms with Gasteiger partial charge in [-0.3, -0.25) is 9.59 Å². The summed E-state index contributed by atoms with van der Waals surface area (Å²) in [5.41, 5.74) is 1.79. The van der Waals surface area contributed by atoms with Crippen LogP contribution in [0, 0.1) is 6.92 Å². The number of benzene rings is 2. The van der Waals surface area contributed by atoms with E-state index in [4.69, 9.17) is 4.74 Å². The zero-order valence-electron chi connectivity index (χ0n) is 14.6. The van der Waals surface area contributed by atoms with Crippen molar-refractivity contribution in [1.29, 1.82) is 0 Å². The normalized spacial score (nSPS) is 10.3. The molecule has 2 aromatic carbocycles. The molecule has 2 rings (SSSR count). The number of aryl methyl sites for hydroxylation is 1. The summed E-state index contributed by atoms with van der Waals surface area (Å²) in [6.45, 7) is 4.30. The summed E-state index contributed by atoms with van der Waals surface area (Å²) >= 11 is 6.84. The number of ether oxygens (including phenoxy) is 1. The van der Waals surface area contributed by atoms with Crippen LogP contribution in [0.25, 0.3) is 0 Å². The fourth-order valence-corrected chi connectivity index (χ4v) is 3.87. The molecule has 2 N–H and O–H groups in total. The number of hydrogen-bond acceptors (Lipinski definition) is 3. The van der Waals surface area contributed by atoms with Crippen LogP contribution in [0.2, 0.25) is 0 Å². The quantitative estimate of drug-likeness (QED) is 0.600. The molecule has 0 heterocycles. The highest BCUT2D eigenvalue weighted by Gasteiger charge is 2.14. The van der Waals surface area contributed by atoms with Crippen molar-refractivity contribution >= 4 is 49.4 Å². The second kappa shape index (κ2) is 9.73. The van der Waals surface area contributed by atoms with Gasteiger partial charge in [0.05, 0.1) is 15.7 Å². The predicted octanol–water partition coefficient (Wildman–Crippen LogP) is 4.68. The number of nitrogens with one attached hydrogen (secondary N) is 2. The molecule has 7 heteroatoms. The third kappa shape index (κ3) is 5.57. The summed E-state index contributed by atoms with van der Waals surface area (Å²) in [4.78, 5) is 24.5. The molecule has 5 nitrogen and oxygen atoms in total. The van der Waals surface area contributed by atoms with E-state index in [1.54, 1.807) is 24.3 Å². The van der Waals surface area contributed by atoms with Gasteiger partial charge in [0.25, 0.3) is 11.8 Å². The topological polar surface area (TPSA) is 67.4 Å². The number of anilines is 1. The van der Waals surface area contributed by atoms with Gasteiger partial charge in [0.15, 0.2) is 6.61 Å². The zero-order chi connectivity index (χ0) is 19.1. The van der Waals surface area contributed by atoms with Gasteiger partial charge in [-0.2, -0.15) is 0 Å². The minimum atomic E-state index is -0.338. The van der Waals surface area contributed by atoms with Crippen LogP contribution in [0.3, 0.4) is 0 Å². The monoisotopic (exact) mass is 482 g/mol. The van der Waals surface area contributed by atoms with Crippen molar-refractivity contribution in [3.63, 3.8) is 0 Å². The Morgan fingerprint density at radius 2 is 1.88 bits per heavy atom. The number of rotatable bonds is 7. The van der Waals surface area contributed by atoms with E-state index in [0.29, 0.717) is 23.5 Å². The minimum Gasteiger partial charge on any atom is -0.482 e. The first kappa shape index (κ1) is 20.5. The number of amides is 2. The average Bonchev–Trinajstić information content (AvgIpc) is 2.59. The van der Waals surface area contributed by atoms with E-state index in [9.17, 15) is 9.59 Å². The van der Waals surface area contributed by atoms with Gasteiger partial charge in [0.1, 0.15) is 5.75 Å². The molecule has 138 valence electrons. The number of carbonyl (C=O) groups is 2. The molecule has 0 aliphatic rings. The third-order valence-electron chi connectivity index (χ3n) is 3.52. The average molecular weight is 484 g/mol. The van der Waals surface area contributed by atoms with Crippen molar-refractivity contribution in [2.75, 3.05) is 18.5 Å². The molecule has 0 radical (unpaired) electrons. The summed E-state index contributed by atoms with van der Waals surface area (Å²) in [5, 5.41) is 5.55. The summed E-state index contributed by atoms with van der Waals surface area (Å²) in [7, 11) is 0. The van der Waals surface area contributed by atoms with E-state index in [-0.39, 0.29) is 18.4 Å². The molecule has 0 saturated heterocycles. The Bertz CT molecular complexity index is 786. The molecule has 0 aromatic heterocycles. The highest BCUT2D eigenvalue weighted by atomic mass is 79.9. The lowest BCUT2D eigenvalue weighted by Gasteiger charge is -2.13. The number of hydrogen-bond donors (Lipinski definition) is 2. The Balaban J connectivity index is 2.04. The van der Waals surface area contributed by atoms with Crippen LogP contribution >= 0.6 is 31.9 Å². The summed E-state index contributed by atoms with van der Waals surface area (Å²) in [6, 6.07) is 10.7. The lowest BCUT2D eigenvalue weighted by Crippen LogP contribution is -2.27. The summed E-state index contributed by atoms with van der Waals surface area (Å²) in [5.74, 6) is 0.0578. The minimum absolute atomic E-state index is 0.161. The second-order valence-electron chi connectivity index (χ2n) is 5.67. The zero-order valence-corrected chi connectivity index (χ0v) is 17.7. The maximum Gasteiger partial charge on any atom is 0.262 e. The molecule has 0 spiro atoms. The van der Waals surface area contributed by atoms with Crippen LogP contribution in [-0.4, -0.2) is 25.0 Å². The van der Waals surface area contributed by atoms with Gasteiger partial charge in [-0.15, -0.1) is 0 Å². The van der Waals surface area contributed by atoms with Crippen molar-refractivity contribution in [3.8, 4) is 5.75 Å². The molecular formula is C19H20Br2N2O3. The molecule has 2 aromatic rings. The Kier molecular flexibility index (Phi) is 7.66. The number of para-hydroxylation sites is 1. The molecule has 0 unspecified atom stereocenters. The predicted molar refractivity (Wildman–Crippen MR) is 110 cm³/mol. The molecule has 0 aliphatic heterocycles. The Hall–Kier alpha value is -1.86. The maximum absolute atomic E-state index is 12.3. The van der Waals surface area contributed by atoms with E-state index < -0.39 is 0 Å². The van der Waals surface area contributed by atoms with E-state index in [1.807, 2.05) is 26.0 Å². The van der Waals surface area contributed by atoms with E-state index in [0.717, 1.165) is 20.9 Å². The standard InChI is InChI=1S/C19H20Br2N2O3/c1-3-8-22-19(25)14-6-4-5-7-16(14)23-17(24)11-26-18-12(2)9-13(20)10-15(18)21/h4-7,9-10H,3,8,11H2,1-2H3,(H,22,25)(H,23,24). The molecule has 0 saturated carbocycles. The van der Waals surface area contributed by atoms with Crippen LogP contribution in [-0.2, 0) is 4.79 Å². The molecular weight excluding hydrogens is 464 g/mol. The van der Waals surface area contributed by atoms with Gasteiger partial charge in [-0.25, -0.2) is 0 Å². The SMILES string of the molecule is CCCNC(=O)c1ccccc1NC(=O)COc1c(C)cc(Br)cc1Br. The van der Waals surface area contributed by atoms with E-state index >= 15 is 0 Å². The Labute approximate surface area is 169 Å². The van der Waals surface area contributed by atoms with Gasteiger partial charge >= 0.3 is 0 Å². The van der Waals surface area contributed by atoms with Gasteiger partial charge in [-0.05, 0) is 59.1 Å². The van der Waals surface area contributed by atoms with Crippen molar-refractivity contribution in [2.45, 2.75) is 20.3 Å². The van der Waals surface area contributed by atoms with Gasteiger partial charge < -0.3 is 15.4 Å². The van der Waals surface area contributed by atoms with Crippen LogP contribution < -0.4 is 15.4 Å². The van der Waals surface area contributed by atoms with Crippen molar-refractivity contribution in [1.82, 2.24) is 5.32 Å².